The third-order valence-electron chi connectivity index (χ3n) is 5.53. The molecule has 1 unspecified atom stereocenters. The van der Waals surface area contributed by atoms with Crippen molar-refractivity contribution in [3.63, 3.8) is 0 Å². The molecule has 152 valence electrons. The van der Waals surface area contributed by atoms with Gasteiger partial charge < -0.3 is 15.0 Å². The number of hydrogen-bond donors (Lipinski definition) is 1. The van der Waals surface area contributed by atoms with Gasteiger partial charge in [-0.1, -0.05) is 45.1 Å². The lowest BCUT2D eigenvalue weighted by Gasteiger charge is -2.39. The fourth-order valence-electron chi connectivity index (χ4n) is 4.00. The second-order valence-electron chi connectivity index (χ2n) is 7.51. The van der Waals surface area contributed by atoms with E-state index in [0.29, 0.717) is 11.5 Å². The highest BCUT2D eigenvalue weighted by atomic mass is 16.5. The molecular weight excluding hydrogens is 348 g/mol. The molecule has 0 radical (unpaired) electrons. The van der Waals surface area contributed by atoms with Gasteiger partial charge in [-0.25, -0.2) is 0 Å². The van der Waals surface area contributed by atoms with Crippen LogP contribution in [0.1, 0.15) is 62.2 Å². The average Bonchev–Trinajstić information content (AvgIpc) is 2.74. The Hall–Kier alpha value is -2.41. The first-order chi connectivity index (χ1) is 13.6. The molecule has 0 heterocycles. The number of terminal acetylenes is 1. The first-order valence-electron chi connectivity index (χ1n) is 10.4. The first-order valence-corrected chi connectivity index (χ1v) is 10.4. The van der Waals surface area contributed by atoms with Crippen molar-refractivity contribution in [3.8, 4) is 18.1 Å². The van der Waals surface area contributed by atoms with Gasteiger partial charge in [0.2, 0.25) is 0 Å². The summed E-state index contributed by atoms with van der Waals surface area (Å²) in [6.07, 6.45) is 13.7. The van der Waals surface area contributed by atoms with Gasteiger partial charge in [0.25, 0.3) is 5.91 Å². The summed E-state index contributed by atoms with van der Waals surface area (Å²) in [6, 6.07) is 7.14. The predicted octanol–water partition coefficient (Wildman–Crippen LogP) is 4.62. The summed E-state index contributed by atoms with van der Waals surface area (Å²) in [6.45, 7) is 7.64. The van der Waals surface area contributed by atoms with E-state index in [1.165, 1.54) is 19.3 Å². The molecule has 1 aromatic rings. The molecule has 0 saturated heterocycles. The minimum Gasteiger partial charge on any atom is -0.497 e. The molecule has 1 amide bonds. The maximum absolute atomic E-state index is 13.4. The van der Waals surface area contributed by atoms with E-state index in [2.05, 4.69) is 24.7 Å². The Morgan fingerprint density at radius 1 is 1.32 bits per heavy atom. The minimum absolute atomic E-state index is 0.0466. The lowest BCUT2D eigenvalue weighted by atomic mass is 9.81. The summed E-state index contributed by atoms with van der Waals surface area (Å²) in [5.41, 5.74) is 1.54. The third kappa shape index (κ3) is 5.79. The summed E-state index contributed by atoms with van der Waals surface area (Å²) in [7, 11) is 1.62. The van der Waals surface area contributed by atoms with Crippen LogP contribution in [0.3, 0.4) is 0 Å². The van der Waals surface area contributed by atoms with Crippen molar-refractivity contribution in [3.05, 3.63) is 42.1 Å². The van der Waals surface area contributed by atoms with Gasteiger partial charge in [-0.3, -0.25) is 4.79 Å². The number of unbranched alkanes of at least 4 members (excludes halogenated alkanes) is 1. The number of carbonyl (C=O) groups excluding carboxylic acids is 1. The summed E-state index contributed by atoms with van der Waals surface area (Å²) < 4.78 is 5.21. The number of amides is 1. The Labute approximate surface area is 170 Å². The zero-order valence-corrected chi connectivity index (χ0v) is 17.4. The third-order valence-corrected chi connectivity index (χ3v) is 5.53. The van der Waals surface area contributed by atoms with Crippen LogP contribution in [0.25, 0.3) is 0 Å². The second-order valence-corrected chi connectivity index (χ2v) is 7.51. The van der Waals surface area contributed by atoms with Crippen molar-refractivity contribution in [1.82, 2.24) is 10.2 Å². The highest BCUT2D eigenvalue weighted by molar-refractivity contribution is 5.95. The van der Waals surface area contributed by atoms with Crippen LogP contribution < -0.4 is 10.1 Å². The zero-order valence-electron chi connectivity index (χ0n) is 17.4. The van der Waals surface area contributed by atoms with E-state index in [-0.39, 0.29) is 18.5 Å². The van der Waals surface area contributed by atoms with Crippen molar-refractivity contribution < 1.29 is 9.53 Å². The Bertz CT molecular complexity index is 669. The Morgan fingerprint density at radius 2 is 2.00 bits per heavy atom. The van der Waals surface area contributed by atoms with E-state index in [4.69, 9.17) is 11.2 Å². The SMILES string of the molecule is C#CCN(C(=O)c1ccc(OC)cc1)C(C(=C)NCCCC)C1CCCCC1. The van der Waals surface area contributed by atoms with Gasteiger partial charge in [0.1, 0.15) is 5.75 Å². The van der Waals surface area contributed by atoms with Crippen LogP contribution in [0.4, 0.5) is 0 Å². The van der Waals surface area contributed by atoms with Crippen molar-refractivity contribution in [2.45, 2.75) is 57.9 Å². The van der Waals surface area contributed by atoms with Gasteiger partial charge in [0.15, 0.2) is 0 Å². The van der Waals surface area contributed by atoms with Gasteiger partial charge in [-0.15, -0.1) is 6.42 Å². The monoisotopic (exact) mass is 382 g/mol. The molecule has 0 aromatic heterocycles. The molecule has 28 heavy (non-hydrogen) atoms. The fraction of sp³-hybridized carbons (Fsp3) is 0.542. The molecule has 1 saturated carbocycles. The molecule has 0 bridgehead atoms. The Kier molecular flexibility index (Phi) is 8.94. The largest absolute Gasteiger partial charge is 0.497 e. The normalized spacial score (nSPS) is 15.3. The summed E-state index contributed by atoms with van der Waals surface area (Å²) in [4.78, 5) is 15.2. The van der Waals surface area contributed by atoms with Crippen LogP contribution in [0.15, 0.2) is 36.5 Å². The lowest BCUT2D eigenvalue weighted by Crippen LogP contribution is -2.49. The number of nitrogens with one attached hydrogen (secondary N) is 1. The topological polar surface area (TPSA) is 41.6 Å². The molecular formula is C24H34N2O2. The van der Waals surface area contributed by atoms with Gasteiger partial charge in [-0.05, 0) is 49.4 Å². The highest BCUT2D eigenvalue weighted by Crippen LogP contribution is 2.32. The minimum atomic E-state index is -0.0807. The standard InChI is InChI=1S/C24H34N2O2/c1-5-7-17-25-19(3)23(20-11-9-8-10-12-20)26(18-6-2)24(27)21-13-15-22(28-4)16-14-21/h2,13-16,20,23,25H,3,5,7-12,17-18H2,1,4H3. The number of nitrogens with zero attached hydrogens (tertiary/aromatic N) is 1. The highest BCUT2D eigenvalue weighted by Gasteiger charge is 2.33. The summed E-state index contributed by atoms with van der Waals surface area (Å²) in [5, 5.41) is 3.47. The van der Waals surface area contributed by atoms with Crippen LogP contribution in [0.2, 0.25) is 0 Å². The second kappa shape index (κ2) is 11.4. The van der Waals surface area contributed by atoms with Crippen molar-refractivity contribution >= 4 is 5.91 Å². The number of hydrogen-bond acceptors (Lipinski definition) is 3. The summed E-state index contributed by atoms with van der Waals surface area (Å²) in [5.74, 6) is 3.77. The summed E-state index contributed by atoms with van der Waals surface area (Å²) >= 11 is 0. The molecule has 1 N–H and O–H groups in total. The molecule has 4 heteroatoms. The zero-order chi connectivity index (χ0) is 20.4. The molecule has 1 aliphatic carbocycles. The quantitative estimate of drug-likeness (QED) is 0.474. The van der Waals surface area contributed by atoms with Gasteiger partial charge in [0.05, 0.1) is 19.7 Å². The molecule has 1 aromatic carbocycles. The van der Waals surface area contributed by atoms with Crippen LogP contribution >= 0.6 is 0 Å². The molecule has 1 fully saturated rings. The number of benzene rings is 1. The first kappa shape index (κ1) is 21.9. The van der Waals surface area contributed by atoms with Crippen LogP contribution in [-0.2, 0) is 0 Å². The van der Waals surface area contributed by atoms with E-state index in [0.717, 1.165) is 43.7 Å². The van der Waals surface area contributed by atoms with Crippen LogP contribution in [-0.4, -0.2) is 37.0 Å². The van der Waals surface area contributed by atoms with Crippen LogP contribution in [0, 0.1) is 18.3 Å². The fourth-order valence-corrected chi connectivity index (χ4v) is 4.00. The van der Waals surface area contributed by atoms with E-state index >= 15 is 0 Å². The molecule has 2 rings (SSSR count). The molecule has 1 atom stereocenters. The number of ether oxygens (including phenoxy) is 1. The molecule has 1 aliphatic rings. The van der Waals surface area contributed by atoms with Gasteiger partial charge in [-0.2, -0.15) is 0 Å². The van der Waals surface area contributed by atoms with Gasteiger partial charge >= 0.3 is 0 Å². The van der Waals surface area contributed by atoms with E-state index in [1.54, 1.807) is 19.2 Å². The lowest BCUT2D eigenvalue weighted by molar-refractivity contribution is 0.0647. The van der Waals surface area contributed by atoms with Crippen molar-refractivity contribution in [1.29, 1.82) is 0 Å². The number of methoxy groups -OCH3 is 1. The molecule has 0 spiro atoms. The van der Waals surface area contributed by atoms with Gasteiger partial charge in [0, 0.05) is 17.8 Å². The Morgan fingerprint density at radius 3 is 2.57 bits per heavy atom. The van der Waals surface area contributed by atoms with Crippen molar-refractivity contribution in [2.75, 3.05) is 20.2 Å². The smallest absolute Gasteiger partial charge is 0.255 e. The number of rotatable bonds is 10. The van der Waals surface area contributed by atoms with Crippen molar-refractivity contribution in [2.24, 2.45) is 5.92 Å². The van der Waals surface area contributed by atoms with E-state index in [1.807, 2.05) is 17.0 Å². The molecule has 0 aliphatic heterocycles. The number of carbonyl (C=O) groups is 1. The van der Waals surface area contributed by atoms with Crippen LogP contribution in [0.5, 0.6) is 5.75 Å². The predicted molar refractivity (Wildman–Crippen MR) is 115 cm³/mol. The van der Waals surface area contributed by atoms with E-state index < -0.39 is 0 Å². The van der Waals surface area contributed by atoms with E-state index in [9.17, 15) is 4.79 Å². The molecule has 4 nitrogen and oxygen atoms in total. The maximum Gasteiger partial charge on any atom is 0.255 e. The maximum atomic E-state index is 13.4. The average molecular weight is 383 g/mol. The Balaban J connectivity index is 2.28.